The number of nitrogens with zero attached hydrogens (tertiary/aromatic N) is 3. The zero-order valence-electron chi connectivity index (χ0n) is 17.3. The molecule has 1 aromatic carbocycles. The zero-order chi connectivity index (χ0) is 20.8. The van der Waals surface area contributed by atoms with Crippen LogP contribution < -0.4 is 0 Å². The fraction of sp³-hybridized carbons (Fsp3) is 0.417. The fourth-order valence-corrected chi connectivity index (χ4v) is 4.92. The number of hydrogen-bond donors (Lipinski definition) is 0. The predicted molar refractivity (Wildman–Crippen MR) is 121 cm³/mol. The van der Waals surface area contributed by atoms with Crippen LogP contribution in [-0.4, -0.2) is 71.8 Å². The van der Waals surface area contributed by atoms with Gasteiger partial charge in [0.15, 0.2) is 0 Å². The number of carbonyl (C=O) groups is 2. The SMILES string of the molecule is O=C(C1CCCCN1C(=O)c1cccs1)N1CCN(C/C=C/c2ccccc2)CC1. The topological polar surface area (TPSA) is 43.9 Å². The van der Waals surface area contributed by atoms with Crippen molar-refractivity contribution in [2.24, 2.45) is 0 Å². The van der Waals surface area contributed by atoms with Crippen LogP contribution in [0.5, 0.6) is 0 Å². The van der Waals surface area contributed by atoms with Gasteiger partial charge in [0.1, 0.15) is 6.04 Å². The van der Waals surface area contributed by atoms with E-state index in [4.69, 9.17) is 0 Å². The minimum absolute atomic E-state index is 0.00716. The standard InChI is InChI=1S/C24H29N3O2S/c28-23(21-11-4-5-14-27(21)24(29)22-12-7-19-30-22)26-17-15-25(16-18-26)13-6-10-20-8-2-1-3-9-20/h1-3,6-10,12,19,21H,4-5,11,13-18H2/b10-6+. The van der Waals surface area contributed by atoms with Crippen LogP contribution in [0.3, 0.4) is 0 Å². The molecule has 0 spiro atoms. The molecule has 1 unspecified atom stereocenters. The lowest BCUT2D eigenvalue weighted by Gasteiger charge is -2.40. The molecular weight excluding hydrogens is 394 g/mol. The van der Waals surface area contributed by atoms with Gasteiger partial charge in [0.25, 0.3) is 5.91 Å². The normalized spacial score (nSPS) is 20.6. The van der Waals surface area contributed by atoms with E-state index in [1.165, 1.54) is 16.9 Å². The molecule has 4 rings (SSSR count). The fourth-order valence-electron chi connectivity index (χ4n) is 4.24. The number of piperazine rings is 1. The number of hydrogen-bond acceptors (Lipinski definition) is 4. The second-order valence-corrected chi connectivity index (χ2v) is 8.87. The van der Waals surface area contributed by atoms with Crippen molar-refractivity contribution in [2.45, 2.75) is 25.3 Å². The molecule has 2 saturated heterocycles. The van der Waals surface area contributed by atoms with Crippen molar-refractivity contribution in [2.75, 3.05) is 39.3 Å². The Hall–Kier alpha value is -2.44. The second-order valence-electron chi connectivity index (χ2n) is 7.93. The molecule has 2 aliphatic rings. The average molecular weight is 424 g/mol. The van der Waals surface area contributed by atoms with Crippen LogP contribution in [0.2, 0.25) is 0 Å². The Morgan fingerprint density at radius 3 is 2.50 bits per heavy atom. The Kier molecular flexibility index (Phi) is 6.97. The summed E-state index contributed by atoms with van der Waals surface area (Å²) in [5.41, 5.74) is 1.21. The molecule has 30 heavy (non-hydrogen) atoms. The summed E-state index contributed by atoms with van der Waals surface area (Å²) in [6, 6.07) is 13.7. The van der Waals surface area contributed by atoms with Crippen molar-refractivity contribution in [3.05, 3.63) is 64.4 Å². The van der Waals surface area contributed by atoms with Gasteiger partial charge in [-0.1, -0.05) is 48.6 Å². The van der Waals surface area contributed by atoms with Gasteiger partial charge in [-0.25, -0.2) is 0 Å². The molecule has 6 heteroatoms. The zero-order valence-corrected chi connectivity index (χ0v) is 18.1. The van der Waals surface area contributed by atoms with Crippen molar-refractivity contribution < 1.29 is 9.59 Å². The lowest BCUT2D eigenvalue weighted by Crippen LogP contribution is -2.57. The first-order valence-electron chi connectivity index (χ1n) is 10.8. The number of thiophene rings is 1. The van der Waals surface area contributed by atoms with E-state index < -0.39 is 0 Å². The summed E-state index contributed by atoms with van der Waals surface area (Å²) in [5.74, 6) is 0.131. The quantitative estimate of drug-likeness (QED) is 0.738. The summed E-state index contributed by atoms with van der Waals surface area (Å²) in [4.78, 5) is 33.0. The number of rotatable bonds is 5. The molecule has 158 valence electrons. The van der Waals surface area contributed by atoms with Crippen molar-refractivity contribution in [1.29, 1.82) is 0 Å². The monoisotopic (exact) mass is 423 g/mol. The highest BCUT2D eigenvalue weighted by Crippen LogP contribution is 2.23. The van der Waals surface area contributed by atoms with Gasteiger partial charge in [-0.3, -0.25) is 14.5 Å². The van der Waals surface area contributed by atoms with Crippen LogP contribution >= 0.6 is 11.3 Å². The molecule has 0 bridgehead atoms. The Morgan fingerprint density at radius 2 is 1.77 bits per heavy atom. The third-order valence-electron chi connectivity index (χ3n) is 5.94. The highest BCUT2D eigenvalue weighted by atomic mass is 32.1. The summed E-state index contributed by atoms with van der Waals surface area (Å²) < 4.78 is 0. The third-order valence-corrected chi connectivity index (χ3v) is 6.80. The minimum atomic E-state index is -0.308. The molecule has 0 aliphatic carbocycles. The highest BCUT2D eigenvalue weighted by Gasteiger charge is 2.36. The first-order valence-corrected chi connectivity index (χ1v) is 11.7. The summed E-state index contributed by atoms with van der Waals surface area (Å²) in [5, 5.41) is 1.92. The Balaban J connectivity index is 1.30. The van der Waals surface area contributed by atoms with E-state index in [2.05, 4.69) is 29.2 Å². The van der Waals surface area contributed by atoms with Crippen molar-refractivity contribution >= 4 is 29.2 Å². The summed E-state index contributed by atoms with van der Waals surface area (Å²) in [6.45, 7) is 4.78. The van der Waals surface area contributed by atoms with Gasteiger partial charge >= 0.3 is 0 Å². The first kappa shape index (κ1) is 20.8. The van der Waals surface area contributed by atoms with Crippen LogP contribution in [0.25, 0.3) is 6.08 Å². The van der Waals surface area contributed by atoms with Crippen molar-refractivity contribution in [1.82, 2.24) is 14.7 Å². The molecule has 1 atom stereocenters. The van der Waals surface area contributed by atoms with Gasteiger partial charge in [0.2, 0.25) is 5.91 Å². The average Bonchev–Trinajstić information content (AvgIpc) is 3.34. The number of benzene rings is 1. The molecule has 5 nitrogen and oxygen atoms in total. The maximum absolute atomic E-state index is 13.2. The smallest absolute Gasteiger partial charge is 0.264 e. The predicted octanol–water partition coefficient (Wildman–Crippen LogP) is 3.60. The van der Waals surface area contributed by atoms with Crippen LogP contribution in [-0.2, 0) is 4.79 Å². The molecule has 2 fully saturated rings. The molecule has 3 heterocycles. The van der Waals surface area contributed by atoms with E-state index in [1.807, 2.05) is 45.5 Å². The summed E-state index contributed by atoms with van der Waals surface area (Å²) >= 11 is 1.45. The third kappa shape index (κ3) is 4.99. The van der Waals surface area contributed by atoms with Crippen LogP contribution in [0, 0.1) is 0 Å². The van der Waals surface area contributed by atoms with E-state index in [0.717, 1.165) is 56.9 Å². The number of piperidine rings is 1. The largest absolute Gasteiger partial charge is 0.338 e. The summed E-state index contributed by atoms with van der Waals surface area (Å²) in [6.07, 6.45) is 7.09. The molecule has 0 saturated carbocycles. The molecule has 1 aromatic heterocycles. The Labute approximate surface area is 182 Å². The number of likely N-dealkylation sites (tertiary alicyclic amines) is 1. The van der Waals surface area contributed by atoms with Crippen LogP contribution in [0.15, 0.2) is 53.9 Å². The molecule has 2 amide bonds. The minimum Gasteiger partial charge on any atom is -0.338 e. The van der Waals surface area contributed by atoms with E-state index in [1.54, 1.807) is 0 Å². The van der Waals surface area contributed by atoms with Crippen LogP contribution in [0.1, 0.15) is 34.5 Å². The van der Waals surface area contributed by atoms with Gasteiger partial charge in [-0.2, -0.15) is 0 Å². The van der Waals surface area contributed by atoms with Gasteiger partial charge < -0.3 is 9.80 Å². The number of carbonyl (C=O) groups excluding carboxylic acids is 2. The Morgan fingerprint density at radius 1 is 0.967 bits per heavy atom. The van der Waals surface area contributed by atoms with Crippen molar-refractivity contribution in [3.63, 3.8) is 0 Å². The van der Waals surface area contributed by atoms with Crippen molar-refractivity contribution in [3.8, 4) is 0 Å². The molecule has 0 radical (unpaired) electrons. The maximum Gasteiger partial charge on any atom is 0.264 e. The molecule has 2 aromatic rings. The van der Waals surface area contributed by atoms with E-state index >= 15 is 0 Å². The van der Waals surface area contributed by atoms with Crippen LogP contribution in [0.4, 0.5) is 0 Å². The van der Waals surface area contributed by atoms with Gasteiger partial charge in [-0.05, 0) is 36.3 Å². The maximum atomic E-state index is 13.2. The van der Waals surface area contributed by atoms with E-state index in [0.29, 0.717) is 6.54 Å². The molecule has 0 N–H and O–H groups in total. The van der Waals surface area contributed by atoms with Gasteiger partial charge in [-0.15, -0.1) is 11.3 Å². The van der Waals surface area contributed by atoms with Gasteiger partial charge in [0.05, 0.1) is 4.88 Å². The van der Waals surface area contributed by atoms with Gasteiger partial charge in [0, 0.05) is 39.3 Å². The summed E-state index contributed by atoms with van der Waals surface area (Å²) in [7, 11) is 0. The second kappa shape index (κ2) is 10.0. The molecule has 2 aliphatic heterocycles. The van der Waals surface area contributed by atoms with E-state index in [9.17, 15) is 9.59 Å². The first-order chi connectivity index (χ1) is 14.7. The lowest BCUT2D eigenvalue weighted by atomic mass is 10.00. The molecular formula is C24H29N3O2S. The lowest BCUT2D eigenvalue weighted by molar-refractivity contribution is -0.138. The number of amides is 2. The van der Waals surface area contributed by atoms with E-state index in [-0.39, 0.29) is 17.9 Å². The Bertz CT molecular complexity index is 858. The highest BCUT2D eigenvalue weighted by molar-refractivity contribution is 7.12.